The quantitative estimate of drug-likeness (QED) is 0.644. The van der Waals surface area contributed by atoms with Crippen LogP contribution >= 0.6 is 0 Å². The largest absolute Gasteiger partial charge is 0.457 e. The van der Waals surface area contributed by atoms with Gasteiger partial charge in [-0.05, 0) is 36.8 Å². The molecule has 0 saturated heterocycles. The lowest BCUT2D eigenvalue weighted by Gasteiger charge is -2.15. The molecule has 1 heterocycles. The SMILES string of the molecule is CC(OS(C)(=O)=O)c1oc2cccc(F)c2c(=O)c1-c1cccc(F)c1. The van der Waals surface area contributed by atoms with E-state index >= 15 is 0 Å². The van der Waals surface area contributed by atoms with Crippen molar-refractivity contribution >= 4 is 21.1 Å². The van der Waals surface area contributed by atoms with Crippen LogP contribution in [0.1, 0.15) is 18.8 Å². The van der Waals surface area contributed by atoms with Crippen LogP contribution in [0, 0.1) is 11.6 Å². The maximum atomic E-state index is 14.2. The number of hydrogen-bond donors (Lipinski definition) is 0. The van der Waals surface area contributed by atoms with Gasteiger partial charge in [-0.15, -0.1) is 0 Å². The summed E-state index contributed by atoms with van der Waals surface area (Å²) in [5.41, 5.74) is -0.830. The van der Waals surface area contributed by atoms with Crippen molar-refractivity contribution in [2.45, 2.75) is 13.0 Å². The van der Waals surface area contributed by atoms with Crippen molar-refractivity contribution < 1.29 is 25.8 Å². The first-order valence-electron chi connectivity index (χ1n) is 7.57. The van der Waals surface area contributed by atoms with Crippen LogP contribution in [-0.4, -0.2) is 14.7 Å². The second kappa shape index (κ2) is 6.62. The lowest BCUT2D eigenvalue weighted by molar-refractivity contribution is 0.207. The molecule has 1 aromatic heterocycles. The molecule has 0 saturated carbocycles. The van der Waals surface area contributed by atoms with E-state index in [2.05, 4.69) is 0 Å². The Hall–Kier alpha value is -2.58. The second-order valence-corrected chi connectivity index (χ2v) is 7.34. The van der Waals surface area contributed by atoms with E-state index < -0.39 is 33.3 Å². The molecule has 1 unspecified atom stereocenters. The van der Waals surface area contributed by atoms with Crippen molar-refractivity contribution in [1.29, 1.82) is 0 Å². The summed E-state index contributed by atoms with van der Waals surface area (Å²) in [4.78, 5) is 12.9. The molecule has 0 radical (unpaired) electrons. The lowest BCUT2D eigenvalue weighted by Crippen LogP contribution is -2.15. The van der Waals surface area contributed by atoms with E-state index in [1.807, 2.05) is 0 Å². The van der Waals surface area contributed by atoms with E-state index in [4.69, 9.17) is 8.60 Å². The molecular weight excluding hydrogens is 366 g/mol. The third kappa shape index (κ3) is 3.51. The maximum absolute atomic E-state index is 14.2. The summed E-state index contributed by atoms with van der Waals surface area (Å²) in [5, 5.41) is -0.304. The average Bonchev–Trinajstić information content (AvgIpc) is 2.52. The van der Waals surface area contributed by atoms with Crippen molar-refractivity contribution in [3.63, 3.8) is 0 Å². The third-order valence-electron chi connectivity index (χ3n) is 3.70. The molecule has 0 amide bonds. The molecule has 26 heavy (non-hydrogen) atoms. The van der Waals surface area contributed by atoms with Crippen LogP contribution in [0.2, 0.25) is 0 Å². The van der Waals surface area contributed by atoms with Crippen molar-refractivity contribution in [2.75, 3.05) is 6.26 Å². The van der Waals surface area contributed by atoms with Gasteiger partial charge in [0.2, 0.25) is 5.43 Å². The molecule has 2 aromatic carbocycles. The van der Waals surface area contributed by atoms with Crippen molar-refractivity contribution in [2.24, 2.45) is 0 Å². The lowest BCUT2D eigenvalue weighted by atomic mass is 10.00. The predicted molar refractivity (Wildman–Crippen MR) is 92.2 cm³/mol. The molecule has 0 fully saturated rings. The second-order valence-electron chi connectivity index (χ2n) is 5.74. The number of hydrogen-bond acceptors (Lipinski definition) is 5. The van der Waals surface area contributed by atoms with Crippen LogP contribution in [0.5, 0.6) is 0 Å². The zero-order valence-electron chi connectivity index (χ0n) is 13.8. The number of benzene rings is 2. The van der Waals surface area contributed by atoms with Crippen LogP contribution in [-0.2, 0) is 14.3 Å². The number of rotatable bonds is 4. The van der Waals surface area contributed by atoms with Gasteiger partial charge in [0.1, 0.15) is 34.5 Å². The molecule has 0 bridgehead atoms. The van der Waals surface area contributed by atoms with Crippen LogP contribution in [0.3, 0.4) is 0 Å². The Kier molecular flexibility index (Phi) is 4.64. The van der Waals surface area contributed by atoms with Crippen LogP contribution in [0.25, 0.3) is 22.1 Å². The fourth-order valence-electron chi connectivity index (χ4n) is 2.73. The van der Waals surface area contributed by atoms with E-state index in [0.717, 1.165) is 18.4 Å². The minimum atomic E-state index is -3.86. The Morgan fingerprint density at radius 2 is 1.81 bits per heavy atom. The monoisotopic (exact) mass is 380 g/mol. The first-order chi connectivity index (χ1) is 12.2. The summed E-state index contributed by atoms with van der Waals surface area (Å²) in [6.45, 7) is 1.37. The van der Waals surface area contributed by atoms with Gasteiger partial charge in [0.05, 0.1) is 11.8 Å². The van der Waals surface area contributed by atoms with Crippen LogP contribution < -0.4 is 5.43 Å². The standard InChI is InChI=1S/C18H14F2O5S/c1-10(25-26(2,22)23)18-15(11-5-3-6-12(19)9-11)17(21)16-13(20)7-4-8-14(16)24-18/h3-10H,1-2H3. The molecule has 0 aliphatic carbocycles. The van der Waals surface area contributed by atoms with Gasteiger partial charge in [-0.25, -0.2) is 8.78 Å². The summed E-state index contributed by atoms with van der Waals surface area (Å²) in [7, 11) is -3.86. The first-order valence-corrected chi connectivity index (χ1v) is 9.38. The van der Waals surface area contributed by atoms with Gasteiger partial charge in [-0.3, -0.25) is 8.98 Å². The Morgan fingerprint density at radius 3 is 2.46 bits per heavy atom. The Morgan fingerprint density at radius 1 is 1.12 bits per heavy atom. The van der Waals surface area contributed by atoms with Gasteiger partial charge in [-0.1, -0.05) is 18.2 Å². The summed E-state index contributed by atoms with van der Waals surface area (Å²) in [6, 6.07) is 8.92. The molecule has 3 rings (SSSR count). The fourth-order valence-corrected chi connectivity index (χ4v) is 3.34. The highest BCUT2D eigenvalue weighted by molar-refractivity contribution is 7.86. The highest BCUT2D eigenvalue weighted by Crippen LogP contribution is 2.32. The van der Waals surface area contributed by atoms with Gasteiger partial charge >= 0.3 is 0 Å². The zero-order valence-corrected chi connectivity index (χ0v) is 14.6. The minimum absolute atomic E-state index is 0.0610. The zero-order chi connectivity index (χ0) is 19.1. The topological polar surface area (TPSA) is 73.6 Å². The van der Waals surface area contributed by atoms with Gasteiger partial charge in [-0.2, -0.15) is 8.42 Å². The smallest absolute Gasteiger partial charge is 0.265 e. The average molecular weight is 380 g/mol. The highest BCUT2D eigenvalue weighted by Gasteiger charge is 2.25. The summed E-state index contributed by atoms with van der Waals surface area (Å²) >= 11 is 0. The molecule has 3 aromatic rings. The first kappa shape index (κ1) is 18.2. The molecular formula is C18H14F2O5S. The molecule has 5 nitrogen and oxygen atoms in total. The van der Waals surface area contributed by atoms with Crippen molar-refractivity contribution in [3.8, 4) is 11.1 Å². The molecule has 1 atom stereocenters. The number of fused-ring (bicyclic) bond motifs is 1. The van der Waals surface area contributed by atoms with Crippen molar-refractivity contribution in [3.05, 3.63) is 70.1 Å². The van der Waals surface area contributed by atoms with Gasteiger partial charge in [0, 0.05) is 0 Å². The fraction of sp³-hybridized carbons (Fsp3) is 0.167. The molecule has 0 aliphatic rings. The van der Waals surface area contributed by atoms with Crippen LogP contribution in [0.15, 0.2) is 51.7 Å². The maximum Gasteiger partial charge on any atom is 0.265 e. The Bertz CT molecular complexity index is 1150. The van der Waals surface area contributed by atoms with Crippen LogP contribution in [0.4, 0.5) is 8.78 Å². The van der Waals surface area contributed by atoms with E-state index in [0.29, 0.717) is 0 Å². The molecule has 0 N–H and O–H groups in total. The van der Waals surface area contributed by atoms with Gasteiger partial charge in [0.15, 0.2) is 0 Å². The molecule has 0 spiro atoms. The summed E-state index contributed by atoms with van der Waals surface area (Å²) in [5.74, 6) is -1.54. The van der Waals surface area contributed by atoms with Gasteiger partial charge < -0.3 is 4.42 Å². The number of halogens is 2. The predicted octanol–water partition coefficient (Wildman–Crippen LogP) is 3.78. The van der Waals surface area contributed by atoms with E-state index in [1.54, 1.807) is 0 Å². The Balaban J connectivity index is 2.38. The third-order valence-corrected chi connectivity index (χ3v) is 4.34. The summed E-state index contributed by atoms with van der Waals surface area (Å²) in [6.07, 6.45) is -0.326. The highest BCUT2D eigenvalue weighted by atomic mass is 32.2. The Labute approximate surface area is 148 Å². The molecule has 8 heteroatoms. The van der Waals surface area contributed by atoms with Crippen molar-refractivity contribution in [1.82, 2.24) is 0 Å². The van der Waals surface area contributed by atoms with E-state index in [-0.39, 0.29) is 27.9 Å². The molecule has 136 valence electrons. The normalized spacial score (nSPS) is 13.1. The van der Waals surface area contributed by atoms with E-state index in [1.165, 1.54) is 37.3 Å². The van der Waals surface area contributed by atoms with E-state index in [9.17, 15) is 22.0 Å². The minimum Gasteiger partial charge on any atom is -0.457 e. The molecule has 0 aliphatic heterocycles. The summed E-state index contributed by atoms with van der Waals surface area (Å²) < 4.78 is 61.2. The van der Waals surface area contributed by atoms with Gasteiger partial charge in [0.25, 0.3) is 10.1 Å².